The molecule has 0 aliphatic heterocycles. The third-order valence-electron chi connectivity index (χ3n) is 2.16. The van der Waals surface area contributed by atoms with E-state index in [4.69, 9.17) is 21.4 Å². The Hall–Kier alpha value is -1.26. The Kier molecular flexibility index (Phi) is 4.58. The van der Waals surface area contributed by atoms with E-state index < -0.39 is 12.0 Å². The second kappa shape index (κ2) is 5.72. The van der Waals surface area contributed by atoms with E-state index in [0.29, 0.717) is 22.9 Å². The molecule has 1 aromatic carbocycles. The third-order valence-corrected chi connectivity index (χ3v) is 2.46. The number of likely N-dealkylation sites (N-methyl/N-ethyl adjacent to an activating group) is 1. The van der Waals surface area contributed by atoms with Crippen LogP contribution in [-0.4, -0.2) is 24.7 Å². The number of hydrogen-bond donors (Lipinski definition) is 2. The summed E-state index contributed by atoms with van der Waals surface area (Å²) in [5.74, 6) is -0.394. The summed E-state index contributed by atoms with van der Waals surface area (Å²) in [5.41, 5.74) is 0.611. The molecule has 4 nitrogen and oxygen atoms in total. The first-order valence-electron chi connectivity index (χ1n) is 4.89. The summed E-state index contributed by atoms with van der Waals surface area (Å²) in [6.07, 6.45) is 0. The van der Waals surface area contributed by atoms with Crippen molar-refractivity contribution in [2.75, 3.05) is 13.7 Å². The number of nitrogens with one attached hydrogen (secondary N) is 1. The van der Waals surface area contributed by atoms with Crippen molar-refractivity contribution < 1.29 is 14.6 Å². The number of rotatable bonds is 5. The standard InChI is InChI=1S/C11H14ClNO3/c1-3-13-10(11(14)15)7-4-5-9(16-2)8(12)6-7/h4-6,10,13H,3H2,1-2H3,(H,14,15). The normalized spacial score (nSPS) is 12.2. The molecule has 0 aliphatic carbocycles. The lowest BCUT2D eigenvalue weighted by Crippen LogP contribution is -2.28. The number of ether oxygens (including phenoxy) is 1. The minimum absolute atomic E-state index is 0.407. The van der Waals surface area contributed by atoms with Crippen LogP contribution in [0.1, 0.15) is 18.5 Å². The molecule has 0 fully saturated rings. The van der Waals surface area contributed by atoms with Gasteiger partial charge in [-0.05, 0) is 24.2 Å². The van der Waals surface area contributed by atoms with Gasteiger partial charge in [0.05, 0.1) is 12.1 Å². The summed E-state index contributed by atoms with van der Waals surface area (Å²) in [6, 6.07) is 4.20. The van der Waals surface area contributed by atoms with Gasteiger partial charge in [0.2, 0.25) is 0 Å². The van der Waals surface area contributed by atoms with Crippen LogP contribution in [0.4, 0.5) is 0 Å². The molecular formula is C11H14ClNO3. The first-order valence-corrected chi connectivity index (χ1v) is 5.27. The number of methoxy groups -OCH3 is 1. The Bertz CT molecular complexity index is 381. The number of hydrogen-bond acceptors (Lipinski definition) is 3. The molecule has 1 atom stereocenters. The number of benzene rings is 1. The van der Waals surface area contributed by atoms with Crippen molar-refractivity contribution in [1.29, 1.82) is 0 Å². The average Bonchev–Trinajstić information content (AvgIpc) is 2.25. The van der Waals surface area contributed by atoms with E-state index in [1.54, 1.807) is 18.2 Å². The number of carbonyl (C=O) groups is 1. The smallest absolute Gasteiger partial charge is 0.325 e. The van der Waals surface area contributed by atoms with Crippen molar-refractivity contribution in [3.8, 4) is 5.75 Å². The Balaban J connectivity index is 3.01. The van der Waals surface area contributed by atoms with Gasteiger partial charge in [-0.25, -0.2) is 0 Å². The molecule has 2 N–H and O–H groups in total. The first kappa shape index (κ1) is 12.8. The quantitative estimate of drug-likeness (QED) is 0.831. The number of carboxylic acid groups (broad SMARTS) is 1. The van der Waals surface area contributed by atoms with Crippen molar-refractivity contribution in [3.63, 3.8) is 0 Å². The van der Waals surface area contributed by atoms with Crippen molar-refractivity contribution in [2.45, 2.75) is 13.0 Å². The molecule has 16 heavy (non-hydrogen) atoms. The SMILES string of the molecule is CCNC(C(=O)O)c1ccc(OC)c(Cl)c1. The predicted molar refractivity (Wildman–Crippen MR) is 62.1 cm³/mol. The zero-order chi connectivity index (χ0) is 12.1. The summed E-state index contributed by atoms with van der Waals surface area (Å²) in [7, 11) is 1.51. The summed E-state index contributed by atoms with van der Waals surface area (Å²) >= 11 is 5.93. The molecule has 0 saturated heterocycles. The van der Waals surface area contributed by atoms with Gasteiger partial charge >= 0.3 is 5.97 Å². The maximum atomic E-state index is 11.0. The second-order valence-corrected chi connectivity index (χ2v) is 3.63. The highest BCUT2D eigenvalue weighted by Gasteiger charge is 2.19. The largest absolute Gasteiger partial charge is 0.495 e. The van der Waals surface area contributed by atoms with Crippen molar-refractivity contribution in [1.82, 2.24) is 5.32 Å². The zero-order valence-electron chi connectivity index (χ0n) is 9.16. The zero-order valence-corrected chi connectivity index (χ0v) is 9.91. The maximum Gasteiger partial charge on any atom is 0.325 e. The number of aliphatic carboxylic acids is 1. The van der Waals surface area contributed by atoms with Gasteiger partial charge in [0.1, 0.15) is 11.8 Å². The van der Waals surface area contributed by atoms with Gasteiger partial charge in [-0.15, -0.1) is 0 Å². The summed E-state index contributed by atoms with van der Waals surface area (Å²) in [6.45, 7) is 2.42. The van der Waals surface area contributed by atoms with Crippen molar-refractivity contribution in [3.05, 3.63) is 28.8 Å². The molecule has 0 aliphatic rings. The van der Waals surface area contributed by atoms with Gasteiger partial charge in [0, 0.05) is 0 Å². The Morgan fingerprint density at radius 3 is 2.75 bits per heavy atom. The summed E-state index contributed by atoms with van der Waals surface area (Å²) in [5, 5.41) is 12.3. The van der Waals surface area contributed by atoms with Crippen LogP contribution in [0.15, 0.2) is 18.2 Å². The Labute approximate surface area is 99.2 Å². The lowest BCUT2D eigenvalue weighted by atomic mass is 10.1. The molecule has 1 rings (SSSR count). The van der Waals surface area contributed by atoms with E-state index in [-0.39, 0.29) is 0 Å². The highest BCUT2D eigenvalue weighted by molar-refractivity contribution is 6.32. The van der Waals surface area contributed by atoms with E-state index in [1.165, 1.54) is 7.11 Å². The first-order chi connectivity index (χ1) is 7.60. The predicted octanol–water partition coefficient (Wildman–Crippen LogP) is 2.08. The topological polar surface area (TPSA) is 58.6 Å². The fourth-order valence-corrected chi connectivity index (χ4v) is 1.68. The third kappa shape index (κ3) is 2.87. The van der Waals surface area contributed by atoms with E-state index in [1.807, 2.05) is 6.92 Å². The van der Waals surface area contributed by atoms with Gasteiger partial charge in [0.25, 0.3) is 0 Å². The van der Waals surface area contributed by atoms with E-state index in [9.17, 15) is 4.79 Å². The highest BCUT2D eigenvalue weighted by Crippen LogP contribution is 2.27. The Morgan fingerprint density at radius 1 is 1.62 bits per heavy atom. The molecule has 88 valence electrons. The highest BCUT2D eigenvalue weighted by atomic mass is 35.5. The lowest BCUT2D eigenvalue weighted by Gasteiger charge is -2.14. The lowest BCUT2D eigenvalue weighted by molar-refractivity contribution is -0.139. The fraction of sp³-hybridized carbons (Fsp3) is 0.364. The van der Waals surface area contributed by atoms with Crippen LogP contribution in [0.3, 0.4) is 0 Å². The van der Waals surface area contributed by atoms with E-state index in [2.05, 4.69) is 5.32 Å². The molecule has 0 amide bonds. The van der Waals surface area contributed by atoms with Crippen LogP contribution >= 0.6 is 11.6 Å². The van der Waals surface area contributed by atoms with E-state index in [0.717, 1.165) is 0 Å². The minimum Gasteiger partial charge on any atom is -0.495 e. The molecule has 1 unspecified atom stereocenters. The van der Waals surface area contributed by atoms with Crippen LogP contribution < -0.4 is 10.1 Å². The van der Waals surface area contributed by atoms with Crippen LogP contribution in [-0.2, 0) is 4.79 Å². The number of halogens is 1. The van der Waals surface area contributed by atoms with Crippen LogP contribution in [0.5, 0.6) is 5.75 Å². The average molecular weight is 244 g/mol. The molecule has 0 heterocycles. The van der Waals surface area contributed by atoms with Gasteiger partial charge in [-0.3, -0.25) is 4.79 Å². The van der Waals surface area contributed by atoms with E-state index >= 15 is 0 Å². The van der Waals surface area contributed by atoms with Gasteiger partial charge in [-0.1, -0.05) is 24.6 Å². The molecule has 0 saturated carbocycles. The van der Waals surface area contributed by atoms with Crippen molar-refractivity contribution >= 4 is 17.6 Å². The monoisotopic (exact) mass is 243 g/mol. The van der Waals surface area contributed by atoms with Crippen LogP contribution in [0, 0.1) is 0 Å². The van der Waals surface area contributed by atoms with Gasteiger partial charge < -0.3 is 15.2 Å². The van der Waals surface area contributed by atoms with Crippen molar-refractivity contribution in [2.24, 2.45) is 0 Å². The second-order valence-electron chi connectivity index (χ2n) is 3.22. The Morgan fingerprint density at radius 2 is 2.31 bits per heavy atom. The minimum atomic E-state index is -0.928. The fourth-order valence-electron chi connectivity index (χ4n) is 1.41. The van der Waals surface area contributed by atoms with Crippen LogP contribution in [0.2, 0.25) is 5.02 Å². The van der Waals surface area contributed by atoms with Gasteiger partial charge in [0.15, 0.2) is 0 Å². The summed E-state index contributed by atoms with van der Waals surface area (Å²) in [4.78, 5) is 11.0. The van der Waals surface area contributed by atoms with Crippen LogP contribution in [0.25, 0.3) is 0 Å². The molecule has 5 heteroatoms. The molecule has 0 bridgehead atoms. The maximum absolute atomic E-state index is 11.0. The number of carboxylic acids is 1. The summed E-state index contributed by atoms with van der Waals surface area (Å²) < 4.78 is 5.00. The van der Waals surface area contributed by atoms with Gasteiger partial charge in [-0.2, -0.15) is 0 Å². The molecular weight excluding hydrogens is 230 g/mol. The molecule has 0 spiro atoms. The molecule has 0 radical (unpaired) electrons. The molecule has 0 aromatic heterocycles. The molecule has 1 aromatic rings.